The highest BCUT2D eigenvalue weighted by molar-refractivity contribution is 9.10. The molecule has 1 aliphatic heterocycles. The zero-order valence-corrected chi connectivity index (χ0v) is 14.1. The maximum atomic E-state index is 11.7. The Labute approximate surface area is 137 Å². The average molecular weight is 367 g/mol. The van der Waals surface area contributed by atoms with Gasteiger partial charge in [0.15, 0.2) is 0 Å². The molecule has 2 heterocycles. The van der Waals surface area contributed by atoms with Gasteiger partial charge in [-0.3, -0.25) is 4.90 Å². The maximum Gasteiger partial charge on any atom is 0.355 e. The van der Waals surface area contributed by atoms with Gasteiger partial charge < -0.3 is 14.5 Å². The number of nitrogens with one attached hydrogen (secondary N) is 1. The van der Waals surface area contributed by atoms with Crippen LogP contribution in [0.5, 0.6) is 5.75 Å². The number of methoxy groups -OCH3 is 1. The topological polar surface area (TPSA) is 54.6 Å². The van der Waals surface area contributed by atoms with Crippen molar-refractivity contribution in [1.82, 2.24) is 9.88 Å². The Morgan fingerprint density at radius 1 is 1.36 bits per heavy atom. The number of H-pyrrole nitrogens is 1. The second kappa shape index (κ2) is 6.71. The van der Waals surface area contributed by atoms with Gasteiger partial charge in [0.25, 0.3) is 0 Å². The van der Waals surface area contributed by atoms with Crippen molar-refractivity contribution in [2.24, 2.45) is 0 Å². The molecule has 0 radical (unpaired) electrons. The lowest BCUT2D eigenvalue weighted by Gasteiger charge is -2.14. The molecule has 22 heavy (non-hydrogen) atoms. The lowest BCUT2D eigenvalue weighted by atomic mass is 10.2. The number of ether oxygens (including phenoxy) is 2. The van der Waals surface area contributed by atoms with Crippen molar-refractivity contribution in [3.63, 3.8) is 0 Å². The Morgan fingerprint density at radius 2 is 2.14 bits per heavy atom. The summed E-state index contributed by atoms with van der Waals surface area (Å²) in [6, 6.07) is 5.77. The molecule has 1 aromatic heterocycles. The molecule has 3 rings (SSSR count). The van der Waals surface area contributed by atoms with Gasteiger partial charge in [-0.15, -0.1) is 0 Å². The van der Waals surface area contributed by atoms with E-state index in [1.807, 2.05) is 18.2 Å². The molecule has 1 saturated heterocycles. The van der Waals surface area contributed by atoms with E-state index >= 15 is 0 Å². The van der Waals surface area contributed by atoms with Crippen LogP contribution in [0.25, 0.3) is 10.9 Å². The number of aromatic nitrogens is 1. The number of rotatable bonds is 5. The Balaban J connectivity index is 1.70. The molecule has 0 atom stereocenters. The van der Waals surface area contributed by atoms with Crippen LogP contribution in [0.1, 0.15) is 23.3 Å². The van der Waals surface area contributed by atoms with Crippen LogP contribution in [-0.2, 0) is 4.74 Å². The van der Waals surface area contributed by atoms with E-state index in [1.54, 1.807) is 0 Å². The zero-order valence-electron chi connectivity index (χ0n) is 12.5. The van der Waals surface area contributed by atoms with Crippen LogP contribution in [0.3, 0.4) is 0 Å². The molecule has 0 bridgehead atoms. The predicted octanol–water partition coefficient (Wildman–Crippen LogP) is 3.19. The fourth-order valence-electron chi connectivity index (χ4n) is 2.77. The lowest BCUT2D eigenvalue weighted by Crippen LogP contribution is -2.25. The molecule has 0 unspecified atom stereocenters. The van der Waals surface area contributed by atoms with Gasteiger partial charge in [0.05, 0.1) is 17.1 Å². The minimum absolute atomic E-state index is 0.389. The van der Waals surface area contributed by atoms with Gasteiger partial charge in [0.1, 0.15) is 18.1 Å². The minimum atomic E-state index is -0.389. The van der Waals surface area contributed by atoms with E-state index in [-0.39, 0.29) is 5.97 Å². The molecular weight excluding hydrogens is 348 g/mol. The van der Waals surface area contributed by atoms with E-state index in [1.165, 1.54) is 33.0 Å². The third-order valence-electron chi connectivity index (χ3n) is 3.97. The number of hydrogen-bond donors (Lipinski definition) is 1. The molecule has 1 fully saturated rings. The van der Waals surface area contributed by atoms with Crippen LogP contribution in [-0.4, -0.2) is 49.2 Å². The number of carbonyl (C=O) groups is 1. The van der Waals surface area contributed by atoms with Crippen molar-refractivity contribution < 1.29 is 14.3 Å². The SMILES string of the molecule is COC(=O)c1[nH]c2cc(OCCN3CCCC3)ccc2c1Br. The maximum absolute atomic E-state index is 11.7. The first-order valence-electron chi connectivity index (χ1n) is 7.43. The number of halogens is 1. The van der Waals surface area contributed by atoms with Crippen LogP contribution >= 0.6 is 15.9 Å². The van der Waals surface area contributed by atoms with Gasteiger partial charge in [-0.1, -0.05) is 0 Å². The van der Waals surface area contributed by atoms with Crippen molar-refractivity contribution in [1.29, 1.82) is 0 Å². The summed E-state index contributed by atoms with van der Waals surface area (Å²) < 4.78 is 11.3. The number of aromatic amines is 1. The first kappa shape index (κ1) is 15.4. The number of carbonyl (C=O) groups excluding carboxylic acids is 1. The summed E-state index contributed by atoms with van der Waals surface area (Å²) in [7, 11) is 1.37. The summed E-state index contributed by atoms with van der Waals surface area (Å²) in [4.78, 5) is 17.2. The molecule has 0 spiro atoms. The molecular formula is C16H19BrN2O3. The molecule has 5 nitrogen and oxygen atoms in total. The van der Waals surface area contributed by atoms with E-state index in [0.29, 0.717) is 12.3 Å². The van der Waals surface area contributed by atoms with Crippen molar-refractivity contribution in [2.75, 3.05) is 33.4 Å². The van der Waals surface area contributed by atoms with Crippen molar-refractivity contribution in [3.8, 4) is 5.75 Å². The summed E-state index contributed by atoms with van der Waals surface area (Å²) in [6.45, 7) is 3.99. The second-order valence-electron chi connectivity index (χ2n) is 5.41. The fourth-order valence-corrected chi connectivity index (χ4v) is 3.38. The van der Waals surface area contributed by atoms with Crippen molar-refractivity contribution >= 4 is 32.8 Å². The molecule has 0 amide bonds. The molecule has 1 aromatic carbocycles. The predicted molar refractivity (Wildman–Crippen MR) is 88.5 cm³/mol. The highest BCUT2D eigenvalue weighted by Gasteiger charge is 2.17. The largest absolute Gasteiger partial charge is 0.492 e. The highest BCUT2D eigenvalue weighted by Crippen LogP contribution is 2.30. The summed E-state index contributed by atoms with van der Waals surface area (Å²) >= 11 is 3.44. The third-order valence-corrected chi connectivity index (χ3v) is 4.79. The van der Waals surface area contributed by atoms with E-state index in [4.69, 9.17) is 9.47 Å². The molecule has 118 valence electrons. The van der Waals surface area contributed by atoms with Crippen LogP contribution in [0.4, 0.5) is 0 Å². The standard InChI is InChI=1S/C16H19BrN2O3/c1-21-16(20)15-14(17)12-5-4-11(10-13(12)18-15)22-9-8-19-6-2-3-7-19/h4-5,10,18H,2-3,6-9H2,1H3. The quantitative estimate of drug-likeness (QED) is 0.825. The molecule has 1 N–H and O–H groups in total. The van der Waals surface area contributed by atoms with E-state index in [2.05, 4.69) is 25.8 Å². The fraction of sp³-hybridized carbons (Fsp3) is 0.438. The Kier molecular flexibility index (Phi) is 4.69. The minimum Gasteiger partial charge on any atom is -0.492 e. The molecule has 6 heteroatoms. The van der Waals surface area contributed by atoms with Gasteiger partial charge in [0, 0.05) is 18.0 Å². The normalized spacial score (nSPS) is 15.4. The molecule has 2 aromatic rings. The Hall–Kier alpha value is -1.53. The number of nitrogens with zero attached hydrogens (tertiary/aromatic N) is 1. The van der Waals surface area contributed by atoms with Crippen LogP contribution in [0.2, 0.25) is 0 Å². The summed E-state index contributed by atoms with van der Waals surface area (Å²) in [6.07, 6.45) is 2.58. The summed E-state index contributed by atoms with van der Waals surface area (Å²) in [5.74, 6) is 0.413. The monoisotopic (exact) mass is 366 g/mol. The highest BCUT2D eigenvalue weighted by atomic mass is 79.9. The first-order chi connectivity index (χ1) is 10.7. The smallest absolute Gasteiger partial charge is 0.355 e. The van der Waals surface area contributed by atoms with Crippen LogP contribution < -0.4 is 4.74 Å². The van der Waals surface area contributed by atoms with Gasteiger partial charge in [-0.25, -0.2) is 4.79 Å². The second-order valence-corrected chi connectivity index (χ2v) is 6.20. The first-order valence-corrected chi connectivity index (χ1v) is 8.23. The number of esters is 1. The Bertz CT molecular complexity index is 677. The van der Waals surface area contributed by atoms with E-state index in [9.17, 15) is 4.79 Å². The lowest BCUT2D eigenvalue weighted by molar-refractivity contribution is 0.0594. The number of fused-ring (bicyclic) bond motifs is 1. The molecule has 1 aliphatic rings. The third kappa shape index (κ3) is 3.13. The molecule has 0 aliphatic carbocycles. The van der Waals surface area contributed by atoms with Gasteiger partial charge in [-0.05, 0) is 54.0 Å². The van der Waals surface area contributed by atoms with Crippen LogP contribution in [0, 0.1) is 0 Å². The van der Waals surface area contributed by atoms with E-state index < -0.39 is 0 Å². The number of likely N-dealkylation sites (tertiary alicyclic amines) is 1. The number of benzene rings is 1. The molecule has 0 saturated carbocycles. The van der Waals surface area contributed by atoms with Crippen molar-refractivity contribution in [2.45, 2.75) is 12.8 Å². The zero-order chi connectivity index (χ0) is 15.5. The average Bonchev–Trinajstić information content (AvgIpc) is 3.15. The summed E-state index contributed by atoms with van der Waals surface area (Å²) in [5, 5.41) is 0.937. The van der Waals surface area contributed by atoms with Gasteiger partial charge >= 0.3 is 5.97 Å². The van der Waals surface area contributed by atoms with Crippen LogP contribution in [0.15, 0.2) is 22.7 Å². The van der Waals surface area contributed by atoms with Gasteiger partial charge in [0.2, 0.25) is 0 Å². The number of hydrogen-bond acceptors (Lipinski definition) is 4. The van der Waals surface area contributed by atoms with Crippen molar-refractivity contribution in [3.05, 3.63) is 28.4 Å². The van der Waals surface area contributed by atoms with E-state index in [0.717, 1.165) is 27.7 Å². The summed E-state index contributed by atoms with van der Waals surface area (Å²) in [5.41, 5.74) is 1.28. The Morgan fingerprint density at radius 3 is 2.86 bits per heavy atom. The van der Waals surface area contributed by atoms with Gasteiger partial charge in [-0.2, -0.15) is 0 Å².